The number of hydrogen-bond acceptors (Lipinski definition) is 4. The first-order valence-corrected chi connectivity index (χ1v) is 6.76. The van der Waals surface area contributed by atoms with Crippen molar-refractivity contribution in [3.63, 3.8) is 0 Å². The van der Waals surface area contributed by atoms with Crippen LogP contribution < -0.4 is 0 Å². The number of carbonyl (C=O) groups is 1. The Bertz CT molecular complexity index is 372. The van der Waals surface area contributed by atoms with Crippen LogP contribution in [-0.2, 0) is 9.53 Å². The first-order valence-electron chi connectivity index (χ1n) is 5.71. The maximum absolute atomic E-state index is 11.8. The Balaban J connectivity index is 2.03. The maximum atomic E-state index is 11.8. The molecule has 1 aromatic rings. The molecule has 0 aliphatic carbocycles. The van der Waals surface area contributed by atoms with Gasteiger partial charge in [-0.3, -0.25) is 9.78 Å². The van der Waals surface area contributed by atoms with Gasteiger partial charge in [0.1, 0.15) is 5.37 Å². The maximum Gasteiger partial charge on any atom is 0.233 e. The van der Waals surface area contributed by atoms with Crippen molar-refractivity contribution in [3.8, 4) is 0 Å². The minimum atomic E-state index is 0.0941. The van der Waals surface area contributed by atoms with Crippen molar-refractivity contribution in [2.45, 2.75) is 12.3 Å². The molecule has 1 aromatic heterocycles. The second-order valence-corrected chi connectivity index (χ2v) is 4.80. The molecular formula is C12H16N2O2S. The molecule has 0 aromatic carbocycles. The minimum Gasteiger partial charge on any atom is -0.380 e. The number of nitrogens with zero attached hydrogens (tertiary/aromatic N) is 2. The third-order valence-corrected chi connectivity index (χ3v) is 3.87. The molecule has 0 radical (unpaired) electrons. The molecule has 17 heavy (non-hydrogen) atoms. The standard InChI is InChI=1S/C12H16N2O2S/c1-2-16-7-6-14-11(15)9-17-12(14)10-4-3-5-13-8-10/h3-5,8,12H,2,6-7,9H2,1H3. The lowest BCUT2D eigenvalue weighted by Crippen LogP contribution is -2.31. The summed E-state index contributed by atoms with van der Waals surface area (Å²) >= 11 is 1.65. The average Bonchev–Trinajstić information content (AvgIpc) is 2.73. The zero-order valence-electron chi connectivity index (χ0n) is 9.83. The van der Waals surface area contributed by atoms with Crippen molar-refractivity contribution >= 4 is 17.7 Å². The van der Waals surface area contributed by atoms with Crippen molar-refractivity contribution in [2.75, 3.05) is 25.5 Å². The molecule has 1 fully saturated rings. The van der Waals surface area contributed by atoms with E-state index in [1.807, 2.05) is 30.2 Å². The highest BCUT2D eigenvalue weighted by Gasteiger charge is 2.32. The van der Waals surface area contributed by atoms with E-state index in [0.29, 0.717) is 25.5 Å². The van der Waals surface area contributed by atoms with E-state index in [1.165, 1.54) is 0 Å². The summed E-state index contributed by atoms with van der Waals surface area (Å²) in [6.45, 7) is 3.89. The van der Waals surface area contributed by atoms with E-state index in [9.17, 15) is 4.79 Å². The van der Waals surface area contributed by atoms with Crippen LogP contribution >= 0.6 is 11.8 Å². The van der Waals surface area contributed by atoms with Gasteiger partial charge in [-0.05, 0) is 13.0 Å². The number of rotatable bonds is 5. The Morgan fingerprint density at radius 1 is 1.65 bits per heavy atom. The quantitative estimate of drug-likeness (QED) is 0.748. The van der Waals surface area contributed by atoms with Crippen molar-refractivity contribution in [3.05, 3.63) is 30.1 Å². The second kappa shape index (κ2) is 6.02. The molecule has 1 amide bonds. The number of carbonyl (C=O) groups excluding carboxylic acids is 1. The van der Waals surface area contributed by atoms with Gasteiger partial charge in [-0.2, -0.15) is 0 Å². The van der Waals surface area contributed by atoms with Gasteiger partial charge in [-0.25, -0.2) is 0 Å². The topological polar surface area (TPSA) is 42.4 Å². The molecule has 0 saturated carbocycles. The first-order chi connectivity index (χ1) is 8.33. The summed E-state index contributed by atoms with van der Waals surface area (Å²) in [6.07, 6.45) is 3.57. The monoisotopic (exact) mass is 252 g/mol. The fourth-order valence-corrected chi connectivity index (χ4v) is 3.00. The Morgan fingerprint density at radius 2 is 2.53 bits per heavy atom. The molecule has 1 saturated heterocycles. The van der Waals surface area contributed by atoms with E-state index < -0.39 is 0 Å². The molecule has 1 unspecified atom stereocenters. The van der Waals surface area contributed by atoms with Crippen LogP contribution in [0.1, 0.15) is 17.9 Å². The van der Waals surface area contributed by atoms with E-state index in [1.54, 1.807) is 18.0 Å². The molecule has 4 nitrogen and oxygen atoms in total. The average molecular weight is 252 g/mol. The Morgan fingerprint density at radius 3 is 3.24 bits per heavy atom. The van der Waals surface area contributed by atoms with E-state index in [0.717, 1.165) is 5.56 Å². The normalized spacial score (nSPS) is 19.9. The summed E-state index contributed by atoms with van der Waals surface area (Å²) in [4.78, 5) is 17.8. The molecule has 1 aliphatic heterocycles. The molecule has 2 rings (SSSR count). The van der Waals surface area contributed by atoms with Gasteiger partial charge in [0.15, 0.2) is 0 Å². The van der Waals surface area contributed by atoms with Gasteiger partial charge in [0.2, 0.25) is 5.91 Å². The van der Waals surface area contributed by atoms with Crippen LogP contribution in [0.25, 0.3) is 0 Å². The molecular weight excluding hydrogens is 236 g/mol. The number of pyridine rings is 1. The van der Waals surface area contributed by atoms with Gasteiger partial charge in [-0.15, -0.1) is 11.8 Å². The number of thioether (sulfide) groups is 1. The molecule has 0 N–H and O–H groups in total. The van der Waals surface area contributed by atoms with Gasteiger partial charge in [-0.1, -0.05) is 6.07 Å². The van der Waals surface area contributed by atoms with E-state index in [2.05, 4.69) is 4.98 Å². The summed E-state index contributed by atoms with van der Waals surface area (Å²) < 4.78 is 5.31. The largest absolute Gasteiger partial charge is 0.380 e. The van der Waals surface area contributed by atoms with Crippen LogP contribution in [0.2, 0.25) is 0 Å². The van der Waals surface area contributed by atoms with Crippen LogP contribution in [0, 0.1) is 0 Å². The van der Waals surface area contributed by atoms with Crippen molar-refractivity contribution in [1.29, 1.82) is 0 Å². The summed E-state index contributed by atoms with van der Waals surface area (Å²) in [7, 11) is 0. The fourth-order valence-electron chi connectivity index (χ4n) is 1.80. The summed E-state index contributed by atoms with van der Waals surface area (Å²) in [5.74, 6) is 0.731. The zero-order chi connectivity index (χ0) is 12.1. The molecule has 5 heteroatoms. The van der Waals surface area contributed by atoms with Crippen LogP contribution in [0.15, 0.2) is 24.5 Å². The summed E-state index contributed by atoms with van der Waals surface area (Å²) in [6, 6.07) is 3.91. The van der Waals surface area contributed by atoms with Crippen molar-refractivity contribution in [1.82, 2.24) is 9.88 Å². The SMILES string of the molecule is CCOCCN1C(=O)CSC1c1cccnc1. The summed E-state index contributed by atoms with van der Waals surface area (Å²) in [5.41, 5.74) is 1.08. The van der Waals surface area contributed by atoms with Crippen LogP contribution in [0.3, 0.4) is 0 Å². The van der Waals surface area contributed by atoms with Crippen LogP contribution in [-0.4, -0.2) is 41.3 Å². The predicted molar refractivity (Wildman–Crippen MR) is 67.6 cm³/mol. The van der Waals surface area contributed by atoms with Crippen LogP contribution in [0.5, 0.6) is 0 Å². The highest BCUT2D eigenvalue weighted by molar-refractivity contribution is 8.00. The first kappa shape index (κ1) is 12.4. The van der Waals surface area contributed by atoms with Gasteiger partial charge in [0, 0.05) is 31.1 Å². The third kappa shape index (κ3) is 2.98. The smallest absolute Gasteiger partial charge is 0.233 e. The number of ether oxygens (including phenoxy) is 1. The highest BCUT2D eigenvalue weighted by Crippen LogP contribution is 2.37. The fraction of sp³-hybridized carbons (Fsp3) is 0.500. The number of aromatic nitrogens is 1. The van der Waals surface area contributed by atoms with E-state index in [4.69, 9.17) is 4.74 Å². The second-order valence-electron chi connectivity index (χ2n) is 3.73. The van der Waals surface area contributed by atoms with Crippen molar-refractivity contribution < 1.29 is 9.53 Å². The summed E-state index contributed by atoms with van der Waals surface area (Å²) in [5, 5.41) is 0.0941. The number of hydrogen-bond donors (Lipinski definition) is 0. The third-order valence-electron chi connectivity index (χ3n) is 2.62. The molecule has 0 bridgehead atoms. The number of amides is 1. The Labute approximate surface area is 105 Å². The van der Waals surface area contributed by atoms with Gasteiger partial charge in [0.05, 0.1) is 12.4 Å². The molecule has 1 aliphatic rings. The van der Waals surface area contributed by atoms with E-state index >= 15 is 0 Å². The van der Waals surface area contributed by atoms with Crippen LogP contribution in [0.4, 0.5) is 0 Å². The highest BCUT2D eigenvalue weighted by atomic mass is 32.2. The molecule has 2 heterocycles. The lowest BCUT2D eigenvalue weighted by Gasteiger charge is -2.23. The van der Waals surface area contributed by atoms with Gasteiger partial charge in [0.25, 0.3) is 0 Å². The van der Waals surface area contributed by atoms with Crippen molar-refractivity contribution in [2.24, 2.45) is 0 Å². The molecule has 92 valence electrons. The lowest BCUT2D eigenvalue weighted by atomic mass is 10.2. The minimum absolute atomic E-state index is 0.0941. The van der Waals surface area contributed by atoms with Gasteiger partial charge >= 0.3 is 0 Å². The molecule has 0 spiro atoms. The Hall–Kier alpha value is -1.07. The predicted octanol–water partition coefficient (Wildman–Crippen LogP) is 1.69. The molecule has 1 atom stereocenters. The van der Waals surface area contributed by atoms with Gasteiger partial charge < -0.3 is 9.64 Å². The zero-order valence-corrected chi connectivity index (χ0v) is 10.7. The van der Waals surface area contributed by atoms with E-state index in [-0.39, 0.29) is 11.3 Å². The Kier molecular flexibility index (Phi) is 4.39. The lowest BCUT2D eigenvalue weighted by molar-refractivity contribution is -0.128.